The number of hydrogen-bond acceptors (Lipinski definition) is 4. The highest BCUT2D eigenvalue weighted by Crippen LogP contribution is 2.21. The standard InChI is InChI=1S/C10H18N2OS/c1-8(2)9-6-12-10(14-9)7-11-4-3-5-13/h6,8,11,13H,3-5,7H2,1-2H3. The molecule has 0 saturated carbocycles. The minimum absolute atomic E-state index is 0.252. The molecule has 0 spiro atoms. The summed E-state index contributed by atoms with van der Waals surface area (Å²) in [5.74, 6) is 0.568. The maximum Gasteiger partial charge on any atom is 0.107 e. The molecule has 1 heterocycles. The molecule has 0 aliphatic rings. The van der Waals surface area contributed by atoms with E-state index >= 15 is 0 Å². The van der Waals surface area contributed by atoms with E-state index in [9.17, 15) is 0 Å². The Kier molecular flexibility index (Phi) is 5.07. The first-order chi connectivity index (χ1) is 6.74. The first-order valence-corrected chi connectivity index (χ1v) is 5.82. The molecule has 0 bridgehead atoms. The number of aliphatic hydroxyl groups excluding tert-OH is 1. The van der Waals surface area contributed by atoms with Crippen molar-refractivity contribution in [3.8, 4) is 0 Å². The molecular formula is C10H18N2OS. The van der Waals surface area contributed by atoms with Crippen molar-refractivity contribution in [3.63, 3.8) is 0 Å². The SMILES string of the molecule is CC(C)c1cnc(CNCCCO)s1. The van der Waals surface area contributed by atoms with Crippen LogP contribution >= 0.6 is 11.3 Å². The maximum absolute atomic E-state index is 8.59. The number of aromatic nitrogens is 1. The smallest absolute Gasteiger partial charge is 0.107 e. The van der Waals surface area contributed by atoms with Gasteiger partial charge in [-0.2, -0.15) is 0 Å². The Hall–Kier alpha value is -0.450. The molecule has 0 aliphatic carbocycles. The van der Waals surface area contributed by atoms with Crippen LogP contribution < -0.4 is 5.32 Å². The Balaban J connectivity index is 2.29. The van der Waals surface area contributed by atoms with Gasteiger partial charge in [0.2, 0.25) is 0 Å². The lowest BCUT2D eigenvalue weighted by Crippen LogP contribution is -2.15. The van der Waals surface area contributed by atoms with Crippen LogP contribution in [0.4, 0.5) is 0 Å². The molecule has 0 aromatic carbocycles. The zero-order valence-corrected chi connectivity index (χ0v) is 9.60. The Morgan fingerprint density at radius 3 is 2.93 bits per heavy atom. The molecule has 1 aromatic rings. The summed E-state index contributed by atoms with van der Waals surface area (Å²) < 4.78 is 0. The van der Waals surface area contributed by atoms with Crippen LogP contribution in [0.5, 0.6) is 0 Å². The fraction of sp³-hybridized carbons (Fsp3) is 0.700. The summed E-state index contributed by atoms with van der Waals surface area (Å²) in [4.78, 5) is 5.67. The average molecular weight is 214 g/mol. The van der Waals surface area contributed by atoms with E-state index in [1.54, 1.807) is 11.3 Å². The van der Waals surface area contributed by atoms with Crippen LogP contribution in [0.3, 0.4) is 0 Å². The van der Waals surface area contributed by atoms with Gasteiger partial charge in [-0.1, -0.05) is 13.8 Å². The molecule has 0 fully saturated rings. The molecule has 0 amide bonds. The molecule has 1 aromatic heterocycles. The van der Waals surface area contributed by atoms with Crippen molar-refractivity contribution >= 4 is 11.3 Å². The second-order valence-electron chi connectivity index (χ2n) is 3.57. The predicted molar refractivity (Wildman–Crippen MR) is 59.6 cm³/mol. The van der Waals surface area contributed by atoms with Crippen molar-refractivity contribution in [1.82, 2.24) is 10.3 Å². The van der Waals surface area contributed by atoms with E-state index in [4.69, 9.17) is 5.11 Å². The van der Waals surface area contributed by atoms with Crippen LogP contribution in [-0.2, 0) is 6.54 Å². The number of nitrogens with zero attached hydrogens (tertiary/aromatic N) is 1. The summed E-state index contributed by atoms with van der Waals surface area (Å²) in [7, 11) is 0. The van der Waals surface area contributed by atoms with Crippen LogP contribution in [0.1, 0.15) is 36.1 Å². The van der Waals surface area contributed by atoms with Gasteiger partial charge in [0.05, 0.1) is 0 Å². The second-order valence-corrected chi connectivity index (χ2v) is 4.71. The molecule has 0 unspecified atom stereocenters. The van der Waals surface area contributed by atoms with Gasteiger partial charge in [-0.25, -0.2) is 4.98 Å². The summed E-state index contributed by atoms with van der Waals surface area (Å²) in [6, 6.07) is 0. The lowest BCUT2D eigenvalue weighted by atomic mass is 10.2. The first-order valence-electron chi connectivity index (χ1n) is 5.00. The zero-order valence-electron chi connectivity index (χ0n) is 8.79. The van der Waals surface area contributed by atoms with Gasteiger partial charge >= 0.3 is 0 Å². The van der Waals surface area contributed by atoms with Gasteiger partial charge in [0, 0.05) is 24.2 Å². The number of aliphatic hydroxyl groups is 1. The maximum atomic E-state index is 8.59. The van der Waals surface area contributed by atoms with Crippen LogP contribution in [0.25, 0.3) is 0 Å². The Bertz CT molecular complexity index is 260. The van der Waals surface area contributed by atoms with Gasteiger partial charge in [0.1, 0.15) is 5.01 Å². The predicted octanol–water partition coefficient (Wildman–Crippen LogP) is 1.74. The van der Waals surface area contributed by atoms with Crippen molar-refractivity contribution in [1.29, 1.82) is 0 Å². The molecule has 1 rings (SSSR count). The van der Waals surface area contributed by atoms with Gasteiger partial charge in [-0.05, 0) is 18.9 Å². The normalized spacial score (nSPS) is 11.1. The van der Waals surface area contributed by atoms with E-state index in [2.05, 4.69) is 24.1 Å². The number of nitrogens with one attached hydrogen (secondary N) is 1. The van der Waals surface area contributed by atoms with Gasteiger partial charge in [-0.15, -0.1) is 11.3 Å². The van der Waals surface area contributed by atoms with Crippen molar-refractivity contribution in [2.45, 2.75) is 32.7 Å². The molecule has 2 N–H and O–H groups in total. The van der Waals surface area contributed by atoms with Gasteiger partial charge in [-0.3, -0.25) is 0 Å². The first kappa shape index (κ1) is 11.6. The topological polar surface area (TPSA) is 45.2 Å². The Labute approximate surface area is 89.2 Å². The van der Waals surface area contributed by atoms with E-state index in [1.165, 1.54) is 4.88 Å². The molecule has 14 heavy (non-hydrogen) atoms. The van der Waals surface area contributed by atoms with Crippen LogP contribution in [0.2, 0.25) is 0 Å². The molecule has 80 valence electrons. The third-order valence-electron chi connectivity index (χ3n) is 1.93. The van der Waals surface area contributed by atoms with E-state index < -0.39 is 0 Å². The molecule has 0 radical (unpaired) electrons. The van der Waals surface area contributed by atoms with E-state index in [-0.39, 0.29) is 6.61 Å². The summed E-state index contributed by atoms with van der Waals surface area (Å²) in [5, 5.41) is 13.0. The molecule has 4 heteroatoms. The number of rotatable bonds is 6. The van der Waals surface area contributed by atoms with Crippen molar-refractivity contribution in [2.75, 3.05) is 13.2 Å². The zero-order chi connectivity index (χ0) is 10.4. The van der Waals surface area contributed by atoms with Crippen LogP contribution in [0.15, 0.2) is 6.20 Å². The quantitative estimate of drug-likeness (QED) is 0.709. The lowest BCUT2D eigenvalue weighted by Gasteiger charge is -1.99. The fourth-order valence-electron chi connectivity index (χ4n) is 1.07. The van der Waals surface area contributed by atoms with Crippen LogP contribution in [-0.4, -0.2) is 23.2 Å². The van der Waals surface area contributed by atoms with Gasteiger partial charge < -0.3 is 10.4 Å². The molecule has 0 aliphatic heterocycles. The fourth-order valence-corrected chi connectivity index (χ4v) is 1.97. The molecule has 3 nitrogen and oxygen atoms in total. The van der Waals surface area contributed by atoms with Gasteiger partial charge in [0.25, 0.3) is 0 Å². The minimum atomic E-state index is 0.252. The monoisotopic (exact) mass is 214 g/mol. The average Bonchev–Trinajstić information content (AvgIpc) is 2.61. The van der Waals surface area contributed by atoms with Crippen molar-refractivity contribution in [3.05, 3.63) is 16.1 Å². The highest BCUT2D eigenvalue weighted by atomic mass is 32.1. The molecular weight excluding hydrogens is 196 g/mol. The largest absolute Gasteiger partial charge is 0.396 e. The van der Waals surface area contributed by atoms with E-state index in [0.717, 1.165) is 24.5 Å². The summed E-state index contributed by atoms with van der Waals surface area (Å²) in [6.07, 6.45) is 2.76. The summed E-state index contributed by atoms with van der Waals surface area (Å²) in [5.41, 5.74) is 0. The minimum Gasteiger partial charge on any atom is -0.396 e. The second kappa shape index (κ2) is 6.11. The third kappa shape index (κ3) is 3.74. The highest BCUT2D eigenvalue weighted by Gasteiger charge is 2.04. The molecule has 0 saturated heterocycles. The number of hydrogen-bond donors (Lipinski definition) is 2. The van der Waals surface area contributed by atoms with Crippen molar-refractivity contribution in [2.24, 2.45) is 0 Å². The van der Waals surface area contributed by atoms with Crippen molar-refractivity contribution < 1.29 is 5.11 Å². The molecule has 0 atom stereocenters. The highest BCUT2D eigenvalue weighted by molar-refractivity contribution is 7.11. The van der Waals surface area contributed by atoms with E-state index in [1.807, 2.05) is 6.20 Å². The Morgan fingerprint density at radius 2 is 2.36 bits per heavy atom. The third-order valence-corrected chi connectivity index (χ3v) is 3.23. The van der Waals surface area contributed by atoms with E-state index in [0.29, 0.717) is 5.92 Å². The summed E-state index contributed by atoms with van der Waals surface area (Å²) >= 11 is 1.76. The Morgan fingerprint density at radius 1 is 1.57 bits per heavy atom. The van der Waals surface area contributed by atoms with Gasteiger partial charge in [0.15, 0.2) is 0 Å². The summed E-state index contributed by atoms with van der Waals surface area (Å²) in [6.45, 7) is 6.28. The number of thiazole rings is 1. The van der Waals surface area contributed by atoms with Crippen LogP contribution in [0, 0.1) is 0 Å². The lowest BCUT2D eigenvalue weighted by molar-refractivity contribution is 0.286.